The SMILES string of the molecule is CCc1ccc(OC)cc1OB(O)O. The van der Waals surface area contributed by atoms with Crippen LogP contribution >= 0.6 is 0 Å². The van der Waals surface area contributed by atoms with E-state index in [4.69, 9.17) is 19.4 Å². The molecule has 0 aromatic heterocycles. The maximum Gasteiger partial charge on any atom is 0.707 e. The number of rotatable bonds is 4. The summed E-state index contributed by atoms with van der Waals surface area (Å²) in [5.74, 6) is 1.06. The van der Waals surface area contributed by atoms with Crippen LogP contribution in [0.1, 0.15) is 12.5 Å². The molecule has 0 radical (unpaired) electrons. The molecule has 2 N–H and O–H groups in total. The quantitative estimate of drug-likeness (QED) is 0.692. The molecule has 1 rings (SSSR count). The summed E-state index contributed by atoms with van der Waals surface area (Å²) in [5, 5.41) is 17.4. The van der Waals surface area contributed by atoms with Gasteiger partial charge in [-0.05, 0) is 18.1 Å². The summed E-state index contributed by atoms with van der Waals surface area (Å²) in [6, 6.07) is 5.25. The maximum atomic E-state index is 8.68. The number of aryl methyl sites for hydroxylation is 1. The highest BCUT2D eigenvalue weighted by Gasteiger charge is 2.14. The molecule has 0 fully saturated rings. The molecule has 1 aromatic rings. The lowest BCUT2D eigenvalue weighted by Gasteiger charge is -2.11. The van der Waals surface area contributed by atoms with Crippen molar-refractivity contribution >= 4 is 7.32 Å². The zero-order valence-electron chi connectivity index (χ0n) is 8.23. The van der Waals surface area contributed by atoms with Crippen molar-refractivity contribution < 1.29 is 19.4 Å². The van der Waals surface area contributed by atoms with Gasteiger partial charge in [0.05, 0.1) is 7.11 Å². The summed E-state index contributed by atoms with van der Waals surface area (Å²) in [6.45, 7) is 1.96. The van der Waals surface area contributed by atoms with Crippen LogP contribution in [0.15, 0.2) is 18.2 Å². The fourth-order valence-electron chi connectivity index (χ4n) is 1.18. The van der Waals surface area contributed by atoms with Crippen LogP contribution < -0.4 is 9.39 Å². The second-order valence-corrected chi connectivity index (χ2v) is 2.77. The predicted octanol–water partition coefficient (Wildman–Crippen LogP) is 0.606. The molecule has 0 saturated heterocycles. The van der Waals surface area contributed by atoms with Gasteiger partial charge in [-0.3, -0.25) is 0 Å². The van der Waals surface area contributed by atoms with Crippen molar-refractivity contribution in [2.75, 3.05) is 7.11 Å². The van der Waals surface area contributed by atoms with Gasteiger partial charge in [0.2, 0.25) is 0 Å². The first-order valence-corrected chi connectivity index (χ1v) is 4.37. The number of ether oxygens (including phenoxy) is 1. The molecule has 4 nitrogen and oxygen atoms in total. The highest BCUT2D eigenvalue weighted by Crippen LogP contribution is 2.25. The molecular weight excluding hydrogens is 183 g/mol. The number of hydrogen-bond acceptors (Lipinski definition) is 4. The van der Waals surface area contributed by atoms with Crippen LogP contribution in [0.5, 0.6) is 11.5 Å². The fourth-order valence-corrected chi connectivity index (χ4v) is 1.18. The van der Waals surface area contributed by atoms with Crippen molar-refractivity contribution in [2.24, 2.45) is 0 Å². The smallest absolute Gasteiger partial charge is 0.512 e. The van der Waals surface area contributed by atoms with Gasteiger partial charge in [0.15, 0.2) is 0 Å². The Hall–Kier alpha value is -1.20. The van der Waals surface area contributed by atoms with E-state index >= 15 is 0 Å². The van der Waals surface area contributed by atoms with Crippen molar-refractivity contribution in [2.45, 2.75) is 13.3 Å². The summed E-state index contributed by atoms with van der Waals surface area (Å²) in [4.78, 5) is 0. The Morgan fingerprint density at radius 1 is 1.36 bits per heavy atom. The fraction of sp³-hybridized carbons (Fsp3) is 0.333. The first-order valence-electron chi connectivity index (χ1n) is 4.37. The minimum atomic E-state index is -1.80. The molecule has 76 valence electrons. The van der Waals surface area contributed by atoms with E-state index in [0.29, 0.717) is 11.5 Å². The van der Waals surface area contributed by atoms with Crippen LogP contribution in [-0.2, 0) is 6.42 Å². The molecule has 0 atom stereocenters. The highest BCUT2D eigenvalue weighted by molar-refractivity contribution is 6.33. The average molecular weight is 196 g/mol. The van der Waals surface area contributed by atoms with Gasteiger partial charge in [0, 0.05) is 6.07 Å². The molecule has 0 aliphatic heterocycles. The normalized spacial score (nSPS) is 9.71. The largest absolute Gasteiger partial charge is 0.707 e. The Morgan fingerprint density at radius 3 is 2.57 bits per heavy atom. The van der Waals surface area contributed by atoms with Crippen molar-refractivity contribution in [1.82, 2.24) is 0 Å². The molecule has 1 aromatic carbocycles. The lowest BCUT2D eigenvalue weighted by Crippen LogP contribution is -2.21. The van der Waals surface area contributed by atoms with Crippen LogP contribution in [0.3, 0.4) is 0 Å². The molecule has 0 heterocycles. The predicted molar refractivity (Wildman–Crippen MR) is 53.2 cm³/mol. The average Bonchev–Trinajstić information content (AvgIpc) is 2.16. The van der Waals surface area contributed by atoms with Crippen LogP contribution in [0.2, 0.25) is 0 Å². The Kier molecular flexibility index (Phi) is 3.79. The van der Waals surface area contributed by atoms with E-state index in [0.717, 1.165) is 12.0 Å². The van der Waals surface area contributed by atoms with E-state index in [9.17, 15) is 0 Å². The molecule has 0 aliphatic carbocycles. The van der Waals surface area contributed by atoms with E-state index in [1.165, 1.54) is 0 Å². The first kappa shape index (κ1) is 10.9. The second-order valence-electron chi connectivity index (χ2n) is 2.77. The Balaban J connectivity index is 2.96. The van der Waals surface area contributed by atoms with Crippen LogP contribution in [0.25, 0.3) is 0 Å². The van der Waals surface area contributed by atoms with Crippen molar-refractivity contribution in [1.29, 1.82) is 0 Å². The standard InChI is InChI=1S/C9H13BO4/c1-3-7-4-5-8(13-2)6-9(7)14-10(11)12/h4-6,11-12H,3H2,1-2H3. The minimum Gasteiger partial charge on any atom is -0.512 e. The van der Waals surface area contributed by atoms with E-state index in [1.54, 1.807) is 19.2 Å². The Morgan fingerprint density at radius 2 is 2.07 bits per heavy atom. The first-order chi connectivity index (χ1) is 6.67. The van der Waals surface area contributed by atoms with Gasteiger partial charge in [-0.1, -0.05) is 13.0 Å². The van der Waals surface area contributed by atoms with Gasteiger partial charge in [-0.2, -0.15) is 0 Å². The molecule has 5 heteroatoms. The molecule has 0 spiro atoms. The number of methoxy groups -OCH3 is 1. The zero-order valence-corrected chi connectivity index (χ0v) is 8.23. The molecule has 14 heavy (non-hydrogen) atoms. The van der Waals surface area contributed by atoms with Gasteiger partial charge in [-0.15, -0.1) is 0 Å². The summed E-state index contributed by atoms with van der Waals surface area (Å²) in [6.07, 6.45) is 0.756. The van der Waals surface area contributed by atoms with Crippen molar-refractivity contribution in [3.63, 3.8) is 0 Å². The van der Waals surface area contributed by atoms with Gasteiger partial charge in [0.25, 0.3) is 0 Å². The summed E-state index contributed by atoms with van der Waals surface area (Å²) in [7, 11) is -0.257. The third kappa shape index (κ3) is 2.65. The Labute approximate surface area is 83.3 Å². The van der Waals surface area contributed by atoms with Crippen molar-refractivity contribution in [3.05, 3.63) is 23.8 Å². The van der Waals surface area contributed by atoms with E-state index in [-0.39, 0.29) is 0 Å². The lowest BCUT2D eigenvalue weighted by molar-refractivity contribution is 0.286. The van der Waals surface area contributed by atoms with Crippen molar-refractivity contribution in [3.8, 4) is 11.5 Å². The summed E-state index contributed by atoms with van der Waals surface area (Å²) < 4.78 is 9.80. The van der Waals surface area contributed by atoms with E-state index < -0.39 is 7.32 Å². The number of hydrogen-bond donors (Lipinski definition) is 2. The third-order valence-electron chi connectivity index (χ3n) is 1.89. The van der Waals surface area contributed by atoms with Gasteiger partial charge < -0.3 is 19.4 Å². The molecule has 0 bridgehead atoms. The van der Waals surface area contributed by atoms with Crippen LogP contribution in [0.4, 0.5) is 0 Å². The molecule has 0 aliphatic rings. The van der Waals surface area contributed by atoms with Crippen LogP contribution in [0, 0.1) is 0 Å². The zero-order chi connectivity index (χ0) is 10.6. The lowest BCUT2D eigenvalue weighted by atomic mass is 10.1. The Bertz CT molecular complexity index is 301. The maximum absolute atomic E-state index is 8.68. The van der Waals surface area contributed by atoms with E-state index in [1.807, 2.05) is 13.0 Å². The summed E-state index contributed by atoms with van der Waals surface area (Å²) >= 11 is 0. The number of benzene rings is 1. The monoisotopic (exact) mass is 196 g/mol. The van der Waals surface area contributed by atoms with E-state index in [2.05, 4.69) is 0 Å². The molecule has 0 amide bonds. The third-order valence-corrected chi connectivity index (χ3v) is 1.89. The molecule has 0 saturated carbocycles. The summed E-state index contributed by atoms with van der Waals surface area (Å²) in [5.41, 5.74) is 0.902. The second kappa shape index (κ2) is 4.88. The van der Waals surface area contributed by atoms with Gasteiger partial charge in [0.1, 0.15) is 11.5 Å². The molecular formula is C9H13BO4. The highest BCUT2D eigenvalue weighted by atomic mass is 16.6. The van der Waals surface area contributed by atoms with Crippen LogP contribution in [-0.4, -0.2) is 24.5 Å². The van der Waals surface area contributed by atoms with Gasteiger partial charge >= 0.3 is 7.32 Å². The minimum absolute atomic E-state index is 0.432. The topological polar surface area (TPSA) is 58.9 Å². The molecule has 0 unspecified atom stereocenters. The van der Waals surface area contributed by atoms with Gasteiger partial charge in [-0.25, -0.2) is 0 Å².